The SMILES string of the molecule is CCC(C)[C@H](N)C(=O)Nc1cc(Br)ccc1Cl. The van der Waals surface area contributed by atoms with Crippen LogP contribution in [-0.2, 0) is 4.79 Å². The van der Waals surface area contributed by atoms with Gasteiger partial charge >= 0.3 is 0 Å². The summed E-state index contributed by atoms with van der Waals surface area (Å²) < 4.78 is 0.856. The third kappa shape index (κ3) is 3.98. The van der Waals surface area contributed by atoms with Gasteiger partial charge in [0, 0.05) is 4.47 Å². The number of carbonyl (C=O) groups excluding carboxylic acids is 1. The quantitative estimate of drug-likeness (QED) is 0.893. The maximum atomic E-state index is 11.9. The summed E-state index contributed by atoms with van der Waals surface area (Å²) in [5.41, 5.74) is 6.41. The highest BCUT2D eigenvalue weighted by Gasteiger charge is 2.20. The van der Waals surface area contributed by atoms with Crippen LogP contribution in [0.5, 0.6) is 0 Å². The summed E-state index contributed by atoms with van der Waals surface area (Å²) in [5.74, 6) is -0.0692. The smallest absolute Gasteiger partial charge is 0.241 e. The van der Waals surface area contributed by atoms with Crippen molar-refractivity contribution in [1.82, 2.24) is 0 Å². The second-order valence-corrected chi connectivity index (χ2v) is 5.35. The van der Waals surface area contributed by atoms with Crippen LogP contribution in [0.3, 0.4) is 0 Å². The van der Waals surface area contributed by atoms with E-state index >= 15 is 0 Å². The average Bonchev–Trinajstić information content (AvgIpc) is 2.31. The molecule has 0 bridgehead atoms. The number of nitrogens with one attached hydrogen (secondary N) is 1. The molecule has 0 fully saturated rings. The van der Waals surface area contributed by atoms with Gasteiger partial charge in [-0.15, -0.1) is 0 Å². The van der Waals surface area contributed by atoms with Crippen LogP contribution >= 0.6 is 27.5 Å². The summed E-state index contributed by atoms with van der Waals surface area (Å²) in [6.45, 7) is 3.96. The van der Waals surface area contributed by atoms with Crippen LogP contribution in [-0.4, -0.2) is 11.9 Å². The fourth-order valence-electron chi connectivity index (χ4n) is 1.32. The Morgan fingerprint density at radius 3 is 2.82 bits per heavy atom. The van der Waals surface area contributed by atoms with Gasteiger partial charge in [-0.25, -0.2) is 0 Å². The summed E-state index contributed by atoms with van der Waals surface area (Å²) in [6, 6.07) is 4.77. The zero-order valence-corrected chi connectivity index (χ0v) is 12.2. The number of nitrogens with two attached hydrogens (primary N) is 1. The highest BCUT2D eigenvalue weighted by Crippen LogP contribution is 2.26. The summed E-state index contributed by atoms with van der Waals surface area (Å²) >= 11 is 9.31. The highest BCUT2D eigenvalue weighted by molar-refractivity contribution is 9.10. The van der Waals surface area contributed by atoms with E-state index in [9.17, 15) is 4.79 Å². The maximum Gasteiger partial charge on any atom is 0.241 e. The van der Waals surface area contributed by atoms with Gasteiger partial charge in [0.05, 0.1) is 16.8 Å². The monoisotopic (exact) mass is 318 g/mol. The van der Waals surface area contributed by atoms with Crippen molar-refractivity contribution in [3.63, 3.8) is 0 Å². The van der Waals surface area contributed by atoms with Gasteiger partial charge in [-0.1, -0.05) is 47.8 Å². The number of hydrogen-bond donors (Lipinski definition) is 2. The zero-order valence-electron chi connectivity index (χ0n) is 9.84. The summed E-state index contributed by atoms with van der Waals surface area (Å²) in [5, 5.41) is 3.24. The molecule has 1 rings (SSSR count). The van der Waals surface area contributed by atoms with E-state index in [0.29, 0.717) is 10.7 Å². The summed E-state index contributed by atoms with van der Waals surface area (Å²) in [7, 11) is 0. The van der Waals surface area contributed by atoms with E-state index in [4.69, 9.17) is 17.3 Å². The van der Waals surface area contributed by atoms with Crippen molar-refractivity contribution < 1.29 is 4.79 Å². The Hall–Kier alpha value is -0.580. The first-order chi connectivity index (χ1) is 7.95. The number of amides is 1. The first kappa shape index (κ1) is 14.5. The van der Waals surface area contributed by atoms with Crippen LogP contribution < -0.4 is 11.1 Å². The van der Waals surface area contributed by atoms with Crippen LogP contribution in [0.15, 0.2) is 22.7 Å². The van der Waals surface area contributed by atoms with Crippen molar-refractivity contribution in [2.45, 2.75) is 26.3 Å². The normalized spacial score (nSPS) is 14.2. The molecule has 0 aliphatic rings. The molecule has 1 unspecified atom stereocenters. The molecule has 0 spiro atoms. The molecule has 0 aromatic heterocycles. The number of carbonyl (C=O) groups is 1. The van der Waals surface area contributed by atoms with Crippen molar-refractivity contribution in [2.24, 2.45) is 11.7 Å². The van der Waals surface area contributed by atoms with E-state index in [2.05, 4.69) is 21.2 Å². The van der Waals surface area contributed by atoms with Gasteiger partial charge in [-0.2, -0.15) is 0 Å². The van der Waals surface area contributed by atoms with Crippen LogP contribution in [0.25, 0.3) is 0 Å². The third-order valence-corrected chi connectivity index (χ3v) is 3.57. The van der Waals surface area contributed by atoms with Crippen molar-refractivity contribution in [3.05, 3.63) is 27.7 Å². The van der Waals surface area contributed by atoms with E-state index < -0.39 is 6.04 Å². The number of rotatable bonds is 4. The molecule has 94 valence electrons. The van der Waals surface area contributed by atoms with Crippen LogP contribution in [0.4, 0.5) is 5.69 Å². The summed E-state index contributed by atoms with van der Waals surface area (Å²) in [6.07, 6.45) is 0.862. The molecule has 0 heterocycles. The molecule has 0 saturated carbocycles. The van der Waals surface area contributed by atoms with E-state index in [1.807, 2.05) is 19.9 Å². The van der Waals surface area contributed by atoms with Crippen LogP contribution in [0.2, 0.25) is 5.02 Å². The molecular formula is C12H16BrClN2O. The first-order valence-electron chi connectivity index (χ1n) is 5.47. The molecular weight excluding hydrogens is 304 g/mol. The third-order valence-electron chi connectivity index (χ3n) is 2.75. The molecule has 3 nitrogen and oxygen atoms in total. The molecule has 0 aliphatic heterocycles. The average molecular weight is 320 g/mol. The van der Waals surface area contributed by atoms with Gasteiger partial charge in [0.2, 0.25) is 5.91 Å². The van der Waals surface area contributed by atoms with Crippen molar-refractivity contribution in [3.8, 4) is 0 Å². The van der Waals surface area contributed by atoms with Gasteiger partial charge in [-0.05, 0) is 24.1 Å². The van der Waals surface area contributed by atoms with Crippen LogP contribution in [0.1, 0.15) is 20.3 Å². The lowest BCUT2D eigenvalue weighted by molar-refractivity contribution is -0.118. The molecule has 0 aliphatic carbocycles. The van der Waals surface area contributed by atoms with Gasteiger partial charge in [0.25, 0.3) is 0 Å². The Kier molecular flexibility index (Phi) is 5.43. The van der Waals surface area contributed by atoms with E-state index in [-0.39, 0.29) is 11.8 Å². The Morgan fingerprint density at radius 1 is 1.59 bits per heavy atom. The van der Waals surface area contributed by atoms with Gasteiger partial charge < -0.3 is 11.1 Å². The Morgan fingerprint density at radius 2 is 2.24 bits per heavy atom. The highest BCUT2D eigenvalue weighted by atomic mass is 79.9. The molecule has 1 aromatic rings. The predicted octanol–water partition coefficient (Wildman–Crippen LogP) is 3.41. The molecule has 0 radical (unpaired) electrons. The molecule has 2 atom stereocenters. The minimum atomic E-state index is -0.518. The predicted molar refractivity (Wildman–Crippen MR) is 75.2 cm³/mol. The molecule has 0 saturated heterocycles. The standard InChI is InChI=1S/C12H16BrClN2O/c1-3-7(2)11(15)12(17)16-10-6-8(13)4-5-9(10)14/h4-7,11H,3,15H2,1-2H3,(H,16,17)/t7?,11-/m0/s1. The second kappa shape index (κ2) is 6.38. The van der Waals surface area contributed by atoms with Gasteiger partial charge in [0.15, 0.2) is 0 Å². The molecule has 5 heteroatoms. The molecule has 3 N–H and O–H groups in total. The number of hydrogen-bond acceptors (Lipinski definition) is 2. The Balaban J connectivity index is 2.77. The lowest BCUT2D eigenvalue weighted by Gasteiger charge is -2.18. The van der Waals surface area contributed by atoms with E-state index in [0.717, 1.165) is 10.9 Å². The lowest BCUT2D eigenvalue weighted by Crippen LogP contribution is -2.40. The van der Waals surface area contributed by atoms with Gasteiger partial charge in [0.1, 0.15) is 0 Å². The Labute approximate surface area is 115 Å². The topological polar surface area (TPSA) is 55.1 Å². The number of benzene rings is 1. The first-order valence-corrected chi connectivity index (χ1v) is 6.64. The number of halogens is 2. The van der Waals surface area contributed by atoms with E-state index in [1.165, 1.54) is 0 Å². The number of anilines is 1. The second-order valence-electron chi connectivity index (χ2n) is 4.02. The fraction of sp³-hybridized carbons (Fsp3) is 0.417. The zero-order chi connectivity index (χ0) is 13.0. The largest absolute Gasteiger partial charge is 0.323 e. The van der Waals surface area contributed by atoms with Crippen LogP contribution in [0, 0.1) is 5.92 Å². The Bertz CT molecular complexity index is 411. The lowest BCUT2D eigenvalue weighted by atomic mass is 9.99. The van der Waals surface area contributed by atoms with E-state index in [1.54, 1.807) is 12.1 Å². The maximum absolute atomic E-state index is 11.9. The van der Waals surface area contributed by atoms with Crippen molar-refractivity contribution in [2.75, 3.05) is 5.32 Å². The van der Waals surface area contributed by atoms with Gasteiger partial charge in [-0.3, -0.25) is 4.79 Å². The minimum absolute atomic E-state index is 0.140. The minimum Gasteiger partial charge on any atom is -0.323 e. The van der Waals surface area contributed by atoms with Crippen molar-refractivity contribution in [1.29, 1.82) is 0 Å². The fourth-order valence-corrected chi connectivity index (χ4v) is 1.85. The molecule has 17 heavy (non-hydrogen) atoms. The molecule has 1 amide bonds. The van der Waals surface area contributed by atoms with Crippen molar-refractivity contribution >= 4 is 39.1 Å². The summed E-state index contributed by atoms with van der Waals surface area (Å²) in [4.78, 5) is 11.9. The molecule has 1 aromatic carbocycles.